The van der Waals surface area contributed by atoms with Gasteiger partial charge in [0, 0.05) is 27.1 Å². The standard InChI is InChI=1S/C15H31N3O/c1-4-9-16-12-14-7-5-10-18(13-14)11-6-8-15(19)17(2)3/h14,16H,4-13H2,1-3H3. The van der Waals surface area contributed by atoms with Gasteiger partial charge in [-0.25, -0.2) is 0 Å². The van der Waals surface area contributed by atoms with E-state index in [2.05, 4.69) is 17.1 Å². The van der Waals surface area contributed by atoms with Crippen LogP contribution in [-0.4, -0.2) is 62.5 Å². The molecule has 1 rings (SSSR count). The molecule has 1 heterocycles. The van der Waals surface area contributed by atoms with E-state index < -0.39 is 0 Å². The minimum atomic E-state index is 0.248. The lowest BCUT2D eigenvalue weighted by Gasteiger charge is -2.33. The van der Waals surface area contributed by atoms with Gasteiger partial charge in [-0.2, -0.15) is 0 Å². The quantitative estimate of drug-likeness (QED) is 0.679. The van der Waals surface area contributed by atoms with Crippen LogP contribution >= 0.6 is 0 Å². The Bertz CT molecular complexity index is 256. The molecule has 1 saturated heterocycles. The Balaban J connectivity index is 2.14. The Kier molecular flexibility index (Phi) is 8.07. The van der Waals surface area contributed by atoms with Gasteiger partial charge in [-0.05, 0) is 57.8 Å². The van der Waals surface area contributed by atoms with Crippen molar-refractivity contribution in [2.45, 2.75) is 39.0 Å². The molecule has 0 spiro atoms. The molecule has 0 bridgehead atoms. The molecule has 1 fully saturated rings. The topological polar surface area (TPSA) is 35.6 Å². The molecular weight excluding hydrogens is 238 g/mol. The van der Waals surface area contributed by atoms with E-state index in [1.165, 1.54) is 32.4 Å². The van der Waals surface area contributed by atoms with E-state index in [0.717, 1.165) is 32.0 Å². The lowest BCUT2D eigenvalue weighted by Crippen LogP contribution is -2.40. The molecule has 1 N–H and O–H groups in total. The predicted octanol–water partition coefficient (Wildman–Crippen LogP) is 1.57. The minimum absolute atomic E-state index is 0.248. The van der Waals surface area contributed by atoms with Crippen LogP contribution in [0.1, 0.15) is 39.0 Å². The van der Waals surface area contributed by atoms with Gasteiger partial charge >= 0.3 is 0 Å². The number of hydrogen-bond acceptors (Lipinski definition) is 3. The lowest BCUT2D eigenvalue weighted by atomic mass is 9.97. The van der Waals surface area contributed by atoms with Gasteiger partial charge in [0.2, 0.25) is 5.91 Å². The SMILES string of the molecule is CCCNCC1CCCN(CCCC(=O)N(C)C)C1. The first-order chi connectivity index (χ1) is 9.13. The van der Waals surface area contributed by atoms with Gasteiger partial charge < -0.3 is 15.1 Å². The van der Waals surface area contributed by atoms with Gasteiger partial charge in [0.15, 0.2) is 0 Å². The van der Waals surface area contributed by atoms with Crippen LogP contribution in [0.25, 0.3) is 0 Å². The van der Waals surface area contributed by atoms with Crippen molar-refractivity contribution in [3.63, 3.8) is 0 Å². The summed E-state index contributed by atoms with van der Waals surface area (Å²) in [6.45, 7) is 7.98. The summed E-state index contributed by atoms with van der Waals surface area (Å²) in [7, 11) is 3.66. The smallest absolute Gasteiger partial charge is 0.222 e. The maximum atomic E-state index is 11.5. The van der Waals surface area contributed by atoms with Crippen molar-refractivity contribution in [3.8, 4) is 0 Å². The first-order valence-corrected chi connectivity index (χ1v) is 7.76. The molecule has 0 aromatic heterocycles. The molecule has 1 unspecified atom stereocenters. The van der Waals surface area contributed by atoms with E-state index in [1.807, 2.05) is 14.1 Å². The third-order valence-electron chi connectivity index (χ3n) is 3.83. The molecule has 1 atom stereocenters. The van der Waals surface area contributed by atoms with Crippen molar-refractivity contribution >= 4 is 5.91 Å². The summed E-state index contributed by atoms with van der Waals surface area (Å²) in [6, 6.07) is 0. The average molecular weight is 269 g/mol. The highest BCUT2D eigenvalue weighted by Gasteiger charge is 2.19. The Morgan fingerprint density at radius 3 is 2.89 bits per heavy atom. The molecule has 112 valence electrons. The zero-order valence-corrected chi connectivity index (χ0v) is 13.0. The number of likely N-dealkylation sites (tertiary alicyclic amines) is 1. The van der Waals surface area contributed by atoms with Gasteiger partial charge in [0.25, 0.3) is 0 Å². The molecule has 4 heteroatoms. The number of hydrogen-bond donors (Lipinski definition) is 1. The second-order valence-corrected chi connectivity index (χ2v) is 5.90. The molecule has 0 aliphatic carbocycles. The van der Waals surface area contributed by atoms with Gasteiger partial charge in [0.05, 0.1) is 0 Å². The molecular formula is C15H31N3O. The van der Waals surface area contributed by atoms with Gasteiger partial charge in [-0.1, -0.05) is 6.92 Å². The van der Waals surface area contributed by atoms with E-state index in [4.69, 9.17) is 0 Å². The normalized spacial score (nSPS) is 20.5. The van der Waals surface area contributed by atoms with Crippen LogP contribution in [-0.2, 0) is 4.79 Å². The highest BCUT2D eigenvalue weighted by Crippen LogP contribution is 2.16. The van der Waals surface area contributed by atoms with Gasteiger partial charge in [-0.15, -0.1) is 0 Å². The van der Waals surface area contributed by atoms with E-state index in [9.17, 15) is 4.79 Å². The monoisotopic (exact) mass is 269 g/mol. The van der Waals surface area contributed by atoms with Crippen molar-refractivity contribution < 1.29 is 4.79 Å². The van der Waals surface area contributed by atoms with Crippen LogP contribution < -0.4 is 5.32 Å². The number of piperidine rings is 1. The number of carbonyl (C=O) groups is 1. The van der Waals surface area contributed by atoms with Crippen molar-refractivity contribution in [2.75, 3.05) is 46.8 Å². The first-order valence-electron chi connectivity index (χ1n) is 7.76. The maximum Gasteiger partial charge on any atom is 0.222 e. The Labute approximate surface area is 118 Å². The fourth-order valence-corrected chi connectivity index (χ4v) is 2.68. The van der Waals surface area contributed by atoms with E-state index in [-0.39, 0.29) is 5.91 Å². The Hall–Kier alpha value is -0.610. The number of carbonyl (C=O) groups excluding carboxylic acids is 1. The summed E-state index contributed by atoms with van der Waals surface area (Å²) in [5.41, 5.74) is 0. The van der Waals surface area contributed by atoms with E-state index in [0.29, 0.717) is 6.42 Å². The Morgan fingerprint density at radius 1 is 1.42 bits per heavy atom. The molecule has 4 nitrogen and oxygen atoms in total. The second-order valence-electron chi connectivity index (χ2n) is 5.90. The summed E-state index contributed by atoms with van der Waals surface area (Å²) in [6.07, 6.45) is 5.54. The summed E-state index contributed by atoms with van der Waals surface area (Å²) >= 11 is 0. The number of amides is 1. The van der Waals surface area contributed by atoms with Gasteiger partial charge in [0.1, 0.15) is 0 Å². The van der Waals surface area contributed by atoms with Crippen molar-refractivity contribution in [1.82, 2.24) is 15.1 Å². The summed E-state index contributed by atoms with van der Waals surface area (Å²) in [4.78, 5) is 15.7. The molecule has 0 aromatic rings. The van der Waals surface area contributed by atoms with Crippen molar-refractivity contribution in [2.24, 2.45) is 5.92 Å². The largest absolute Gasteiger partial charge is 0.349 e. The summed E-state index contributed by atoms with van der Waals surface area (Å²) in [5, 5.41) is 3.53. The summed E-state index contributed by atoms with van der Waals surface area (Å²) in [5.74, 6) is 1.04. The van der Waals surface area contributed by atoms with Crippen LogP contribution in [0.5, 0.6) is 0 Å². The zero-order chi connectivity index (χ0) is 14.1. The number of nitrogens with one attached hydrogen (secondary N) is 1. The molecule has 19 heavy (non-hydrogen) atoms. The highest BCUT2D eigenvalue weighted by atomic mass is 16.2. The molecule has 1 aliphatic heterocycles. The highest BCUT2D eigenvalue weighted by molar-refractivity contribution is 5.75. The fourth-order valence-electron chi connectivity index (χ4n) is 2.68. The maximum absolute atomic E-state index is 11.5. The molecule has 0 saturated carbocycles. The Morgan fingerprint density at radius 2 is 2.21 bits per heavy atom. The predicted molar refractivity (Wildman–Crippen MR) is 80.3 cm³/mol. The second kappa shape index (κ2) is 9.32. The molecule has 0 aromatic carbocycles. The zero-order valence-electron chi connectivity index (χ0n) is 13.0. The van der Waals surface area contributed by atoms with E-state index >= 15 is 0 Å². The fraction of sp³-hybridized carbons (Fsp3) is 0.933. The molecule has 1 amide bonds. The molecule has 1 aliphatic rings. The lowest BCUT2D eigenvalue weighted by molar-refractivity contribution is -0.128. The van der Waals surface area contributed by atoms with Crippen LogP contribution in [0.4, 0.5) is 0 Å². The van der Waals surface area contributed by atoms with E-state index in [1.54, 1.807) is 4.90 Å². The number of rotatable bonds is 8. The number of nitrogens with zero attached hydrogens (tertiary/aromatic N) is 2. The van der Waals surface area contributed by atoms with Crippen LogP contribution in [0.15, 0.2) is 0 Å². The summed E-state index contributed by atoms with van der Waals surface area (Å²) < 4.78 is 0. The first kappa shape index (κ1) is 16.4. The van der Waals surface area contributed by atoms with Crippen molar-refractivity contribution in [1.29, 1.82) is 0 Å². The van der Waals surface area contributed by atoms with Gasteiger partial charge in [-0.3, -0.25) is 4.79 Å². The van der Waals surface area contributed by atoms with Crippen molar-refractivity contribution in [3.05, 3.63) is 0 Å². The van der Waals surface area contributed by atoms with Crippen LogP contribution in [0, 0.1) is 5.92 Å². The minimum Gasteiger partial charge on any atom is -0.349 e. The third-order valence-corrected chi connectivity index (χ3v) is 3.83. The average Bonchev–Trinajstić information content (AvgIpc) is 2.39. The van der Waals surface area contributed by atoms with Crippen LogP contribution in [0.2, 0.25) is 0 Å². The van der Waals surface area contributed by atoms with Crippen LogP contribution in [0.3, 0.4) is 0 Å². The molecule has 0 radical (unpaired) electrons. The third kappa shape index (κ3) is 6.92.